The van der Waals surface area contributed by atoms with Crippen LogP contribution in [0.25, 0.3) is 6.08 Å². The Morgan fingerprint density at radius 2 is 1.65 bits per heavy atom. The molecule has 0 radical (unpaired) electrons. The third-order valence-corrected chi connectivity index (χ3v) is 6.06. The number of rotatable bonds is 12. The lowest BCUT2D eigenvalue weighted by molar-refractivity contribution is -0.122. The molecule has 2 aromatic carbocycles. The molecule has 186 valence electrons. The fraction of sp³-hybridized carbons (Fsp3) is 0.318. The van der Waals surface area contributed by atoms with Gasteiger partial charge < -0.3 is 35.1 Å². The molecule has 12 heteroatoms. The molecule has 34 heavy (non-hydrogen) atoms. The molecule has 0 aliphatic rings. The number of nitrogens with one attached hydrogen (secondary N) is 2. The summed E-state index contributed by atoms with van der Waals surface area (Å²) in [5.41, 5.74) is 7.00. The topological polar surface area (TPSA) is 158 Å². The Morgan fingerprint density at radius 3 is 2.15 bits per heavy atom. The summed E-state index contributed by atoms with van der Waals surface area (Å²) >= 11 is 0. The number of nitrogens with two attached hydrogens (primary N) is 1. The Bertz CT molecular complexity index is 1110. The number of benzene rings is 2. The fourth-order valence-corrected chi connectivity index (χ4v) is 4.35. The van der Waals surface area contributed by atoms with E-state index in [1.807, 2.05) is 0 Å². The maximum absolute atomic E-state index is 12.5. The first-order valence-electron chi connectivity index (χ1n) is 9.98. The van der Waals surface area contributed by atoms with E-state index in [1.54, 1.807) is 24.3 Å². The fourth-order valence-electron chi connectivity index (χ4n) is 3.03. The molecule has 0 saturated heterocycles. The Balaban J connectivity index is 2.10. The number of hydrogen-bond acceptors (Lipinski definition) is 9. The minimum absolute atomic E-state index is 0.279. The molecule has 0 aliphatic heterocycles. The Morgan fingerprint density at radius 1 is 1.03 bits per heavy atom. The molecule has 0 aliphatic carbocycles. The van der Waals surface area contributed by atoms with Gasteiger partial charge in [-0.05, 0) is 23.8 Å². The van der Waals surface area contributed by atoms with Crippen LogP contribution in [0.4, 0.5) is 5.69 Å². The number of nitrogen functional groups attached to an aromatic ring is 1. The second kappa shape index (κ2) is 12.1. The number of methoxy groups -OCH3 is 4. The number of anilines is 1. The molecule has 0 aromatic heterocycles. The van der Waals surface area contributed by atoms with E-state index in [9.17, 15) is 18.3 Å². The summed E-state index contributed by atoms with van der Waals surface area (Å²) in [6, 6.07) is 6.42. The number of aliphatic hydroxyl groups excluding tert-OH is 1. The van der Waals surface area contributed by atoms with Crippen LogP contribution in [0.1, 0.15) is 11.1 Å². The molecule has 2 aromatic rings. The molecule has 2 rings (SSSR count). The molecule has 11 nitrogen and oxygen atoms in total. The van der Waals surface area contributed by atoms with Gasteiger partial charge in [0, 0.05) is 18.3 Å². The molecule has 0 fully saturated rings. The van der Waals surface area contributed by atoms with Gasteiger partial charge in [0.2, 0.25) is 15.9 Å². The zero-order valence-electron chi connectivity index (χ0n) is 19.3. The zero-order chi connectivity index (χ0) is 25.3. The number of aliphatic hydroxyl groups is 1. The molecule has 0 bridgehead atoms. The van der Waals surface area contributed by atoms with Crippen molar-refractivity contribution in [2.45, 2.75) is 11.8 Å². The standard InChI is InChI=1S/C22H29N3O8S/c1-30-15-10-20(32-3)16(21(11-15)33-4)7-8-24-22(27)18(12-26)25-34(28,29)13-14-5-6-19(31-2)17(23)9-14/h5-11,18,25-26H,12-13,23H2,1-4H3,(H,24,27)/t18-/m1/s1. The predicted octanol–water partition coefficient (Wildman–Crippen LogP) is 0.871. The van der Waals surface area contributed by atoms with E-state index in [2.05, 4.69) is 10.0 Å². The number of amides is 1. The van der Waals surface area contributed by atoms with Gasteiger partial charge in [0.1, 0.15) is 29.0 Å². The summed E-state index contributed by atoms with van der Waals surface area (Å²) in [7, 11) is 1.91. The highest BCUT2D eigenvalue weighted by atomic mass is 32.2. The molecule has 5 N–H and O–H groups in total. The summed E-state index contributed by atoms with van der Waals surface area (Å²) in [6.45, 7) is -0.751. The van der Waals surface area contributed by atoms with E-state index < -0.39 is 34.3 Å². The summed E-state index contributed by atoms with van der Waals surface area (Å²) < 4.78 is 48.1. The molecule has 1 atom stereocenters. The van der Waals surface area contributed by atoms with E-state index in [0.717, 1.165) is 0 Å². The van der Waals surface area contributed by atoms with Gasteiger partial charge in [-0.2, -0.15) is 0 Å². The van der Waals surface area contributed by atoms with Crippen molar-refractivity contribution >= 4 is 27.7 Å². The van der Waals surface area contributed by atoms with Crippen LogP contribution in [0.5, 0.6) is 23.0 Å². The maximum atomic E-state index is 12.5. The second-order valence-corrected chi connectivity index (χ2v) is 8.73. The number of hydrogen-bond donors (Lipinski definition) is 4. The van der Waals surface area contributed by atoms with E-state index in [-0.39, 0.29) is 5.69 Å². The van der Waals surface area contributed by atoms with Gasteiger partial charge in [0.15, 0.2) is 0 Å². The highest BCUT2D eigenvalue weighted by molar-refractivity contribution is 7.88. The summed E-state index contributed by atoms with van der Waals surface area (Å²) in [6.07, 6.45) is 2.80. The maximum Gasteiger partial charge on any atom is 0.244 e. The number of ether oxygens (including phenoxy) is 4. The lowest BCUT2D eigenvalue weighted by atomic mass is 10.1. The van der Waals surface area contributed by atoms with Crippen molar-refractivity contribution in [1.82, 2.24) is 10.0 Å². The van der Waals surface area contributed by atoms with Crippen molar-refractivity contribution in [3.05, 3.63) is 47.7 Å². The van der Waals surface area contributed by atoms with Gasteiger partial charge in [0.05, 0.1) is 52.0 Å². The molecule has 1 amide bonds. The van der Waals surface area contributed by atoms with Gasteiger partial charge in [-0.3, -0.25) is 4.79 Å². The van der Waals surface area contributed by atoms with Gasteiger partial charge >= 0.3 is 0 Å². The molecule has 0 spiro atoms. The van der Waals surface area contributed by atoms with E-state index in [1.165, 1.54) is 46.8 Å². The molecule has 0 saturated carbocycles. The lowest BCUT2D eigenvalue weighted by Gasteiger charge is -2.16. The van der Waals surface area contributed by atoms with Gasteiger partial charge in [0.25, 0.3) is 0 Å². The van der Waals surface area contributed by atoms with Crippen molar-refractivity contribution in [1.29, 1.82) is 0 Å². The zero-order valence-corrected chi connectivity index (χ0v) is 20.1. The number of sulfonamides is 1. The van der Waals surface area contributed by atoms with Crippen LogP contribution >= 0.6 is 0 Å². The summed E-state index contributed by atoms with van der Waals surface area (Å²) in [5, 5.41) is 12.0. The average Bonchev–Trinajstić information content (AvgIpc) is 2.82. The van der Waals surface area contributed by atoms with Crippen molar-refractivity contribution < 1.29 is 37.3 Å². The Hall–Kier alpha value is -3.48. The van der Waals surface area contributed by atoms with Crippen LogP contribution in [-0.4, -0.2) is 60.5 Å². The van der Waals surface area contributed by atoms with Crippen LogP contribution < -0.4 is 34.7 Å². The highest BCUT2D eigenvalue weighted by Gasteiger charge is 2.24. The lowest BCUT2D eigenvalue weighted by Crippen LogP contribution is -2.47. The third-order valence-electron chi connectivity index (χ3n) is 4.70. The molecular weight excluding hydrogens is 466 g/mol. The quantitative estimate of drug-likeness (QED) is 0.313. The SMILES string of the molecule is COc1cc(OC)c(C=CNC(=O)[C@@H](CO)NS(=O)(=O)Cc2ccc(OC)c(N)c2)c(OC)c1. The summed E-state index contributed by atoms with van der Waals surface area (Å²) in [4.78, 5) is 12.5. The highest BCUT2D eigenvalue weighted by Crippen LogP contribution is 2.34. The largest absolute Gasteiger partial charge is 0.496 e. The van der Waals surface area contributed by atoms with Crippen molar-refractivity contribution in [2.75, 3.05) is 40.8 Å². The molecule has 0 heterocycles. The second-order valence-electron chi connectivity index (χ2n) is 6.98. The summed E-state index contributed by atoms with van der Waals surface area (Å²) in [5.74, 6) is 0.589. The molecular formula is C22H29N3O8S. The van der Waals surface area contributed by atoms with Crippen molar-refractivity contribution in [3.63, 3.8) is 0 Å². The van der Waals surface area contributed by atoms with E-state index >= 15 is 0 Å². The average molecular weight is 496 g/mol. The number of carbonyl (C=O) groups is 1. The van der Waals surface area contributed by atoms with Gasteiger partial charge in [-0.25, -0.2) is 13.1 Å². The van der Waals surface area contributed by atoms with Crippen molar-refractivity contribution in [2.24, 2.45) is 0 Å². The first-order valence-corrected chi connectivity index (χ1v) is 11.6. The third kappa shape index (κ3) is 7.01. The minimum Gasteiger partial charge on any atom is -0.496 e. The van der Waals surface area contributed by atoms with Crippen molar-refractivity contribution in [3.8, 4) is 23.0 Å². The van der Waals surface area contributed by atoms with Crippen LogP contribution in [0.15, 0.2) is 36.5 Å². The molecule has 0 unspecified atom stereocenters. The predicted molar refractivity (Wildman–Crippen MR) is 127 cm³/mol. The van der Waals surface area contributed by atoms with Gasteiger partial charge in [-0.1, -0.05) is 6.07 Å². The first kappa shape index (κ1) is 26.8. The van der Waals surface area contributed by atoms with Gasteiger partial charge in [-0.15, -0.1) is 0 Å². The monoisotopic (exact) mass is 495 g/mol. The Kier molecular flexibility index (Phi) is 9.54. The van der Waals surface area contributed by atoms with Crippen LogP contribution in [0, 0.1) is 0 Å². The minimum atomic E-state index is -3.98. The van der Waals surface area contributed by atoms with Crippen LogP contribution in [0.3, 0.4) is 0 Å². The number of carbonyl (C=O) groups excluding carboxylic acids is 1. The first-order chi connectivity index (χ1) is 16.2. The Labute approximate surface area is 198 Å². The smallest absolute Gasteiger partial charge is 0.244 e. The normalized spacial score (nSPS) is 12.3. The van der Waals surface area contributed by atoms with E-state index in [4.69, 9.17) is 24.7 Å². The van der Waals surface area contributed by atoms with Crippen LogP contribution in [0.2, 0.25) is 0 Å². The van der Waals surface area contributed by atoms with Crippen LogP contribution in [-0.2, 0) is 20.6 Å². The van der Waals surface area contributed by atoms with E-state index in [0.29, 0.717) is 34.1 Å².